The summed E-state index contributed by atoms with van der Waals surface area (Å²) in [6.45, 7) is 19.0. The number of hydrogen-bond donors (Lipinski definition) is 0. The first kappa shape index (κ1) is 83.0. The predicted octanol–water partition coefficient (Wildman–Crippen LogP) is 36.0. The lowest BCUT2D eigenvalue weighted by Crippen LogP contribution is -2.27. The Balaban J connectivity index is 0.549. The highest BCUT2D eigenvalue weighted by Gasteiger charge is 2.53. The molecule has 0 fully saturated rings. The molecule has 2 aliphatic rings. The molecule has 0 atom stereocenters. The van der Waals surface area contributed by atoms with E-state index in [2.05, 4.69) is 542 Å². The van der Waals surface area contributed by atoms with Gasteiger partial charge in [0.15, 0.2) is 0 Å². The second-order valence-corrected chi connectivity index (χ2v) is 43.1. The van der Waals surface area contributed by atoms with Crippen LogP contribution >= 0.6 is 0 Å². The summed E-state index contributed by atoms with van der Waals surface area (Å²) in [6, 6.07) is 174. The third kappa shape index (κ3) is 11.9. The van der Waals surface area contributed by atoms with Crippen LogP contribution in [-0.4, -0.2) is 32.0 Å². The highest BCUT2D eigenvalue weighted by atomic mass is 15.1. The smallest absolute Gasteiger partial charge is 0.0727 e. The molecule has 7 aromatic heterocycles. The van der Waals surface area contributed by atoms with E-state index in [1.807, 2.05) is 0 Å². The number of fused-ring (bicyclic) bond motifs is 31. The maximum atomic E-state index is 2.59. The Kier molecular flexibility index (Phi) is 17.4. The second kappa shape index (κ2) is 30.4. The molecule has 686 valence electrons. The zero-order valence-electron chi connectivity index (χ0n) is 81.9. The molecule has 7 heterocycles. The topological polar surface area (TPSA) is 34.5 Å². The summed E-state index contributed by atoms with van der Waals surface area (Å²) in [6.07, 6.45) is 0. The molecule has 28 aromatic rings. The van der Waals surface area contributed by atoms with Crippen molar-refractivity contribution in [3.8, 4) is 84.3 Å². The zero-order valence-corrected chi connectivity index (χ0v) is 81.9. The molecule has 0 amide bonds. The molecule has 30 rings (SSSR count). The van der Waals surface area contributed by atoms with Crippen LogP contribution in [0.1, 0.15) is 99.9 Å². The fraction of sp³-hybridized carbons (Fsp3) is 0.0870. The lowest BCUT2D eigenvalue weighted by atomic mass is 9.68. The molecule has 0 saturated heterocycles. The van der Waals surface area contributed by atoms with Crippen LogP contribution in [0.25, 0.3) is 237 Å². The maximum absolute atomic E-state index is 2.59. The molecule has 7 nitrogen and oxygen atoms in total. The van der Waals surface area contributed by atoms with Gasteiger partial charge in [-0.3, -0.25) is 0 Å². The van der Waals surface area contributed by atoms with Gasteiger partial charge < -0.3 is 32.0 Å². The first-order valence-electron chi connectivity index (χ1n) is 51.0. The third-order valence-electron chi connectivity index (χ3n) is 32.9. The van der Waals surface area contributed by atoms with E-state index in [0.29, 0.717) is 0 Å². The van der Waals surface area contributed by atoms with Crippen molar-refractivity contribution in [3.63, 3.8) is 0 Å². The van der Waals surface area contributed by atoms with Crippen LogP contribution in [0.2, 0.25) is 0 Å². The van der Waals surface area contributed by atoms with Crippen LogP contribution in [0.4, 0.5) is 0 Å². The minimum absolute atomic E-state index is 0.108. The molecule has 145 heavy (non-hydrogen) atoms. The molecule has 1 spiro atoms. The minimum atomic E-state index is -0.676. The number of rotatable bonds is 11. The maximum Gasteiger partial charge on any atom is 0.0727 e. The number of aromatic nitrogens is 7. The van der Waals surface area contributed by atoms with Crippen molar-refractivity contribution >= 4 is 153 Å². The molecule has 0 N–H and O–H groups in total. The van der Waals surface area contributed by atoms with Crippen molar-refractivity contribution in [2.75, 3.05) is 0 Å². The summed E-state index contributed by atoms with van der Waals surface area (Å²) in [5.41, 5.74) is 42.8. The van der Waals surface area contributed by atoms with Gasteiger partial charge >= 0.3 is 0 Å². The average Bonchev–Trinajstić information content (AvgIpc) is 1.49. The summed E-state index contributed by atoms with van der Waals surface area (Å²) in [5.74, 6) is 0. The molecule has 2 aliphatic carbocycles. The van der Waals surface area contributed by atoms with E-state index < -0.39 is 10.8 Å². The number of para-hydroxylation sites is 11. The molecule has 7 heteroatoms. The van der Waals surface area contributed by atoms with Gasteiger partial charge in [-0.1, -0.05) is 347 Å². The van der Waals surface area contributed by atoms with Gasteiger partial charge in [0.25, 0.3) is 0 Å². The Morgan fingerprint density at radius 2 is 0.393 bits per heavy atom. The summed E-state index contributed by atoms with van der Waals surface area (Å²) >= 11 is 0. The van der Waals surface area contributed by atoms with Gasteiger partial charge in [0.1, 0.15) is 0 Å². The van der Waals surface area contributed by atoms with Crippen LogP contribution in [0.5, 0.6) is 0 Å². The summed E-state index contributed by atoms with van der Waals surface area (Å²) in [7, 11) is 0. The van der Waals surface area contributed by atoms with Gasteiger partial charge in [-0.15, -0.1) is 0 Å². The van der Waals surface area contributed by atoms with Gasteiger partial charge in [0.2, 0.25) is 0 Å². The molecule has 0 aliphatic heterocycles. The Labute approximate surface area is 839 Å². The van der Waals surface area contributed by atoms with Crippen LogP contribution < -0.4 is 0 Å². The van der Waals surface area contributed by atoms with E-state index in [9.17, 15) is 0 Å². The van der Waals surface area contributed by atoms with Crippen LogP contribution in [-0.2, 0) is 21.7 Å². The van der Waals surface area contributed by atoms with E-state index in [1.165, 1.54) is 175 Å². The SMILES string of the molecule is CC(C)(C)c1ccc2c(c1)C1(c3cc(-n4c5ccccc5c5ccccc54)ccc3-c3ccc(-n4c5ccccc5c5cc(-c6ccc7c8ccccc8n(-c8ccc(C(C)(C)c9ccc(-n%10c%11ccccc%11c%11ccccc%11%10)cc9-c9ccc%10c(c9)c9ccccc9n%10-c9cc(-n%10c%11ccccc%11c%11ccccc%11%10)cc(-n%10c%11ccccc%11c%11ccccc%11%10)c9)cc8)c7c6)ccc54)cc31)c1cc(C(C)(C)C)ccc1-2. The van der Waals surface area contributed by atoms with Gasteiger partial charge in [-0.25, -0.2) is 0 Å². The summed E-state index contributed by atoms with van der Waals surface area (Å²) in [5, 5.41) is 17.1. The monoisotopic (exact) mass is 1850 g/mol. The van der Waals surface area contributed by atoms with Crippen molar-refractivity contribution in [2.45, 2.75) is 77.0 Å². The van der Waals surface area contributed by atoms with E-state index in [4.69, 9.17) is 0 Å². The van der Waals surface area contributed by atoms with Crippen molar-refractivity contribution in [2.24, 2.45) is 0 Å². The predicted molar refractivity (Wildman–Crippen MR) is 610 cm³/mol. The Morgan fingerprint density at radius 1 is 0.152 bits per heavy atom. The average molecular weight is 1860 g/mol. The summed E-state index contributed by atoms with van der Waals surface area (Å²) in [4.78, 5) is 0. The van der Waals surface area contributed by atoms with E-state index in [-0.39, 0.29) is 10.8 Å². The fourth-order valence-electron chi connectivity index (χ4n) is 26.1. The van der Waals surface area contributed by atoms with Gasteiger partial charge in [0, 0.05) is 104 Å². The third-order valence-corrected chi connectivity index (χ3v) is 32.9. The zero-order chi connectivity index (χ0) is 96.5. The lowest BCUT2D eigenvalue weighted by molar-refractivity contribution is 0.586. The lowest BCUT2D eigenvalue weighted by Gasteiger charge is -2.33. The van der Waals surface area contributed by atoms with Crippen molar-refractivity contribution in [1.82, 2.24) is 32.0 Å². The van der Waals surface area contributed by atoms with E-state index >= 15 is 0 Å². The number of hydrogen-bond acceptors (Lipinski definition) is 0. The number of benzene rings is 21. The van der Waals surface area contributed by atoms with Crippen molar-refractivity contribution < 1.29 is 0 Å². The van der Waals surface area contributed by atoms with Crippen LogP contribution in [0.15, 0.2) is 455 Å². The first-order valence-corrected chi connectivity index (χ1v) is 51.0. The summed E-state index contributed by atoms with van der Waals surface area (Å²) < 4.78 is 17.5. The van der Waals surface area contributed by atoms with Crippen molar-refractivity contribution in [1.29, 1.82) is 0 Å². The van der Waals surface area contributed by atoms with E-state index in [1.54, 1.807) is 0 Å². The molecular weight excluding hydrogens is 1760 g/mol. The van der Waals surface area contributed by atoms with Crippen LogP contribution in [0.3, 0.4) is 0 Å². The highest BCUT2D eigenvalue weighted by Crippen LogP contribution is 2.65. The molecule has 0 bridgehead atoms. The number of nitrogens with zero attached hydrogens (tertiary/aromatic N) is 7. The van der Waals surface area contributed by atoms with E-state index in [0.717, 1.165) is 106 Å². The Hall–Kier alpha value is -17.8. The normalized spacial score (nSPS) is 13.2. The highest BCUT2D eigenvalue weighted by molar-refractivity contribution is 6.18. The standard InChI is InChI=1S/C138H99N7/c1-135(2,3)88-58-66-97-98-67-59-89(136(4,5)6)77-118(98)138(117(97)76-88)119-82-92(141-124-45-23-11-33-103(124)104-34-12-24-46-125(104)141)62-68-99(119)100-69-63-93(83-120(100)138)142-130-51-29-18-40-110(130)114-73-84(54-71-132(114)142)85-53-65-112-109-39-17-20-42-121(109)139(134(112)75-85)90-60-56-87(57-61-90)137(7,8)116-70-64-91(140-122-43-21-9-31-101(122)102-32-10-22-44-123(102)140)81-113(116)86-55-72-133-115(74-86)111-41-19-30-52-131(111)145(133)96-79-94(143-126-47-25-13-35-105(126)106-36-14-26-48-127(106)143)78-95(80-96)144-128-49-27-15-37-107(128)108-38-16-28-50-129(108)144/h9-83H,1-8H3. The Morgan fingerprint density at radius 3 is 0.738 bits per heavy atom. The Bertz CT molecular complexity index is 10100. The van der Waals surface area contributed by atoms with Crippen molar-refractivity contribution in [3.05, 3.63) is 499 Å². The van der Waals surface area contributed by atoms with Crippen LogP contribution in [0, 0.1) is 0 Å². The largest absolute Gasteiger partial charge is 0.309 e. The second-order valence-electron chi connectivity index (χ2n) is 43.1. The van der Waals surface area contributed by atoms with Gasteiger partial charge in [-0.05, 0) is 264 Å². The van der Waals surface area contributed by atoms with Gasteiger partial charge in [0.05, 0.1) is 99.7 Å². The first-order chi connectivity index (χ1) is 70.9. The minimum Gasteiger partial charge on any atom is -0.309 e. The molecule has 0 saturated carbocycles. The molecule has 0 radical (unpaired) electrons. The molecule has 21 aromatic carbocycles. The fourth-order valence-corrected chi connectivity index (χ4v) is 26.1. The molecule has 0 unspecified atom stereocenters. The van der Waals surface area contributed by atoms with Gasteiger partial charge in [-0.2, -0.15) is 0 Å². The molecular formula is C138H99N7. The quantitative estimate of drug-likeness (QED) is 0.124.